The molecule has 0 bridgehead atoms. The maximum Gasteiger partial charge on any atom is 0.351 e. The molecule has 1 aromatic heterocycles. The minimum absolute atomic E-state index is 0.0276. The molecule has 6 aromatic carbocycles. The standard InChI is InChI=1S/C52H49F2N3O6/c1-4-34-49(46-45(58)52(53,54)47(62-46)57-35-33-44(55)56-48(57)59,50(36-17-9-5-10-18-36,37-19-11-6-12-20-37)38-25-29-42(60-2)30-26-38)63-51(39-21-13-7-14-22-39,40-23-15-8-16-24-40)41-27-31-43(61-3)32-28-41/h5-33,35,45-47,58H,4,34H2,1-3H3,(H2,55,56,59)/t45-,46+,47-,49+/m1/s1. The highest BCUT2D eigenvalue weighted by atomic mass is 19.3. The Morgan fingerprint density at radius 3 is 1.51 bits per heavy atom. The highest BCUT2D eigenvalue weighted by Gasteiger charge is 2.72. The van der Waals surface area contributed by atoms with Gasteiger partial charge in [-0.25, -0.2) is 4.79 Å². The fraction of sp³-hybridized carbons (Fsp3) is 0.231. The molecule has 1 saturated heterocycles. The van der Waals surface area contributed by atoms with Crippen molar-refractivity contribution in [1.82, 2.24) is 9.55 Å². The SMILES string of the molecule is CCC[C@](OC(c1ccccc1)(c1ccccc1)c1ccc(OC)cc1)([C@H]1O[C@@H](n2ccc(N)nc2=O)C(F)(F)[C@@H]1O)C(c1ccccc1)(c1ccccc1)c1ccc(OC)cc1. The third-order valence-electron chi connectivity index (χ3n) is 12.2. The summed E-state index contributed by atoms with van der Waals surface area (Å²) in [4.78, 5) is 17.3. The second-order valence-electron chi connectivity index (χ2n) is 15.7. The van der Waals surface area contributed by atoms with Crippen molar-refractivity contribution >= 4 is 5.82 Å². The smallest absolute Gasteiger partial charge is 0.351 e. The minimum atomic E-state index is -4.07. The third kappa shape index (κ3) is 7.25. The van der Waals surface area contributed by atoms with Crippen molar-refractivity contribution in [3.8, 4) is 11.5 Å². The lowest BCUT2D eigenvalue weighted by atomic mass is 9.55. The molecule has 11 heteroatoms. The molecule has 7 aromatic rings. The Labute approximate surface area is 365 Å². The van der Waals surface area contributed by atoms with E-state index in [1.54, 1.807) is 14.2 Å². The molecule has 0 radical (unpaired) electrons. The van der Waals surface area contributed by atoms with Crippen LogP contribution in [0, 0.1) is 0 Å². The number of hydrogen-bond acceptors (Lipinski definition) is 8. The molecule has 0 unspecified atom stereocenters. The summed E-state index contributed by atoms with van der Waals surface area (Å²) in [5, 5.41) is 12.7. The second-order valence-corrected chi connectivity index (χ2v) is 15.7. The first kappa shape index (κ1) is 43.0. The average molecular weight is 850 g/mol. The Morgan fingerprint density at radius 1 is 0.667 bits per heavy atom. The van der Waals surface area contributed by atoms with Gasteiger partial charge < -0.3 is 29.8 Å². The van der Waals surface area contributed by atoms with Crippen molar-refractivity contribution in [2.24, 2.45) is 0 Å². The summed E-state index contributed by atoms with van der Waals surface area (Å²) in [7, 11) is 3.16. The number of methoxy groups -OCH3 is 2. The number of benzene rings is 6. The van der Waals surface area contributed by atoms with Crippen LogP contribution in [0.25, 0.3) is 0 Å². The monoisotopic (exact) mass is 849 g/mol. The van der Waals surface area contributed by atoms with E-state index >= 15 is 8.78 Å². The van der Waals surface area contributed by atoms with E-state index in [-0.39, 0.29) is 12.2 Å². The Hall–Kier alpha value is -6.66. The Morgan fingerprint density at radius 2 is 1.08 bits per heavy atom. The molecular formula is C52H49F2N3O6. The van der Waals surface area contributed by atoms with Gasteiger partial charge in [-0.15, -0.1) is 0 Å². The lowest BCUT2D eigenvalue weighted by molar-refractivity contribution is -0.231. The fourth-order valence-corrected chi connectivity index (χ4v) is 9.54. The van der Waals surface area contributed by atoms with Gasteiger partial charge in [-0.1, -0.05) is 159 Å². The van der Waals surface area contributed by atoms with Gasteiger partial charge in [0, 0.05) is 6.20 Å². The topological polar surface area (TPSA) is 118 Å². The van der Waals surface area contributed by atoms with E-state index in [2.05, 4.69) is 4.98 Å². The number of nitrogens with two attached hydrogens (primary N) is 1. The third-order valence-corrected chi connectivity index (χ3v) is 12.2. The highest BCUT2D eigenvalue weighted by Crippen LogP contribution is 2.61. The molecule has 1 aliphatic heterocycles. The van der Waals surface area contributed by atoms with Crippen LogP contribution in [0.1, 0.15) is 59.4 Å². The van der Waals surface area contributed by atoms with E-state index < -0.39 is 46.7 Å². The summed E-state index contributed by atoms with van der Waals surface area (Å²) in [5.41, 5.74) is 3.49. The van der Waals surface area contributed by atoms with Crippen LogP contribution in [0.3, 0.4) is 0 Å². The molecule has 0 spiro atoms. The van der Waals surface area contributed by atoms with E-state index in [4.69, 9.17) is 24.7 Å². The van der Waals surface area contributed by atoms with Crippen LogP contribution < -0.4 is 20.9 Å². The zero-order valence-corrected chi connectivity index (χ0v) is 35.2. The molecule has 1 fully saturated rings. The largest absolute Gasteiger partial charge is 0.497 e. The maximum atomic E-state index is 17.5. The van der Waals surface area contributed by atoms with Gasteiger partial charge in [0.05, 0.1) is 19.6 Å². The van der Waals surface area contributed by atoms with E-state index in [1.165, 1.54) is 6.07 Å². The predicted molar refractivity (Wildman–Crippen MR) is 238 cm³/mol. The van der Waals surface area contributed by atoms with Crippen LogP contribution in [-0.2, 0) is 20.5 Å². The fourth-order valence-electron chi connectivity index (χ4n) is 9.54. The summed E-state index contributed by atoms with van der Waals surface area (Å²) < 4.78 is 62.1. The number of anilines is 1. The number of alkyl halides is 2. The zero-order chi connectivity index (χ0) is 44.2. The van der Waals surface area contributed by atoms with Gasteiger partial charge in [0.1, 0.15) is 34.6 Å². The minimum Gasteiger partial charge on any atom is -0.497 e. The van der Waals surface area contributed by atoms with Gasteiger partial charge in [0.25, 0.3) is 0 Å². The molecule has 4 atom stereocenters. The van der Waals surface area contributed by atoms with Crippen LogP contribution in [0.4, 0.5) is 14.6 Å². The molecule has 8 rings (SSSR count). The van der Waals surface area contributed by atoms with E-state index in [9.17, 15) is 9.90 Å². The van der Waals surface area contributed by atoms with E-state index in [0.29, 0.717) is 55.9 Å². The van der Waals surface area contributed by atoms with Crippen molar-refractivity contribution in [1.29, 1.82) is 0 Å². The molecular weight excluding hydrogens is 801 g/mol. The number of hydrogen-bond donors (Lipinski definition) is 2. The molecule has 2 heterocycles. The Kier molecular flexibility index (Phi) is 12.0. The van der Waals surface area contributed by atoms with Gasteiger partial charge >= 0.3 is 11.6 Å². The number of rotatable bonds is 15. The summed E-state index contributed by atoms with van der Waals surface area (Å²) in [6.45, 7) is 1.94. The number of nitrogens with zero attached hydrogens (tertiary/aromatic N) is 2. The van der Waals surface area contributed by atoms with Crippen molar-refractivity contribution in [3.63, 3.8) is 0 Å². The van der Waals surface area contributed by atoms with Gasteiger partial charge in [-0.2, -0.15) is 13.8 Å². The van der Waals surface area contributed by atoms with E-state index in [0.717, 1.165) is 6.20 Å². The quantitative estimate of drug-likeness (QED) is 0.0981. The summed E-state index contributed by atoms with van der Waals surface area (Å²) in [6, 6.07) is 54.4. The lowest BCUT2D eigenvalue weighted by Gasteiger charge is -2.58. The number of aliphatic hydroxyl groups excluding tert-OH is 1. The summed E-state index contributed by atoms with van der Waals surface area (Å²) in [6.07, 6.45) is -5.24. The molecule has 3 N–H and O–H groups in total. The predicted octanol–water partition coefficient (Wildman–Crippen LogP) is 9.32. The lowest BCUT2D eigenvalue weighted by Crippen LogP contribution is -2.67. The Bertz CT molecular complexity index is 2570. The molecule has 322 valence electrons. The van der Waals surface area contributed by atoms with Crippen LogP contribution in [0.15, 0.2) is 187 Å². The van der Waals surface area contributed by atoms with Gasteiger partial charge in [-0.3, -0.25) is 4.57 Å². The molecule has 0 aliphatic carbocycles. The number of nitrogen functional groups attached to an aromatic ring is 1. The van der Waals surface area contributed by atoms with Crippen molar-refractivity contribution < 1.29 is 32.8 Å². The average Bonchev–Trinajstić information content (AvgIpc) is 3.57. The van der Waals surface area contributed by atoms with Crippen molar-refractivity contribution in [2.75, 3.05) is 20.0 Å². The van der Waals surface area contributed by atoms with Gasteiger partial charge in [-0.05, 0) is 70.1 Å². The van der Waals surface area contributed by atoms with Crippen molar-refractivity contribution in [3.05, 3.63) is 226 Å². The molecule has 63 heavy (non-hydrogen) atoms. The molecule has 0 amide bonds. The summed E-state index contributed by atoms with van der Waals surface area (Å²) >= 11 is 0. The number of aromatic nitrogens is 2. The van der Waals surface area contributed by atoms with Crippen LogP contribution in [0.2, 0.25) is 0 Å². The molecule has 0 saturated carbocycles. The number of halogens is 2. The normalized spacial score (nSPS) is 18.3. The number of aliphatic hydroxyl groups is 1. The van der Waals surface area contributed by atoms with Crippen LogP contribution >= 0.6 is 0 Å². The first-order valence-corrected chi connectivity index (χ1v) is 20.8. The van der Waals surface area contributed by atoms with Gasteiger partial charge in [0.2, 0.25) is 6.23 Å². The number of ether oxygens (including phenoxy) is 4. The van der Waals surface area contributed by atoms with Gasteiger partial charge in [0.15, 0.2) is 6.10 Å². The second kappa shape index (κ2) is 17.6. The van der Waals surface area contributed by atoms with Crippen LogP contribution in [-0.4, -0.2) is 52.6 Å². The van der Waals surface area contributed by atoms with E-state index in [1.807, 2.05) is 177 Å². The zero-order valence-electron chi connectivity index (χ0n) is 35.2. The highest BCUT2D eigenvalue weighted by molar-refractivity contribution is 5.58. The first-order chi connectivity index (χ1) is 30.6. The van der Waals surface area contributed by atoms with Crippen molar-refractivity contribution in [2.45, 2.75) is 60.7 Å². The first-order valence-electron chi connectivity index (χ1n) is 20.8. The summed E-state index contributed by atoms with van der Waals surface area (Å²) in [5.74, 6) is -3.07. The molecule has 1 aliphatic rings. The van der Waals surface area contributed by atoms with Crippen LogP contribution in [0.5, 0.6) is 11.5 Å². The molecule has 9 nitrogen and oxygen atoms in total. The maximum absolute atomic E-state index is 17.5. The Balaban J connectivity index is 1.59.